The highest BCUT2D eigenvalue weighted by atomic mass is 32.1. The summed E-state index contributed by atoms with van der Waals surface area (Å²) in [7, 11) is 0. The molecule has 0 aliphatic rings. The van der Waals surface area contributed by atoms with Crippen molar-refractivity contribution in [3.63, 3.8) is 0 Å². The Kier molecular flexibility index (Phi) is 5.28. The van der Waals surface area contributed by atoms with Gasteiger partial charge in [0.05, 0.1) is 11.3 Å². The van der Waals surface area contributed by atoms with Crippen LogP contribution in [0.15, 0.2) is 36.4 Å². The molecular weight excluding hydrogens is 339 g/mol. The maximum Gasteiger partial charge on any atom is 0.226 e. The number of aryl methyl sites for hydroxylation is 2. The molecule has 25 heavy (non-hydrogen) atoms. The number of rotatable bonds is 6. The van der Waals surface area contributed by atoms with E-state index < -0.39 is 0 Å². The van der Waals surface area contributed by atoms with Crippen LogP contribution in [-0.4, -0.2) is 17.5 Å². The second kappa shape index (κ2) is 7.61. The highest BCUT2D eigenvalue weighted by Crippen LogP contribution is 2.27. The van der Waals surface area contributed by atoms with Crippen LogP contribution < -0.4 is 10.1 Å². The lowest BCUT2D eigenvalue weighted by atomic mass is 10.1. The lowest BCUT2D eigenvalue weighted by Gasteiger charge is -2.09. The molecule has 3 aromatic rings. The van der Waals surface area contributed by atoms with E-state index in [0.717, 1.165) is 16.9 Å². The number of amides is 1. The number of anilines is 1. The molecular formula is C19H19FN2O2S. The molecule has 3 rings (SSSR count). The number of hydrogen-bond donors (Lipinski definition) is 1. The molecule has 1 heterocycles. The Hall–Kier alpha value is -2.47. The molecule has 2 aromatic carbocycles. The van der Waals surface area contributed by atoms with Gasteiger partial charge in [0.15, 0.2) is 5.13 Å². The fourth-order valence-corrected chi connectivity index (χ4v) is 3.32. The zero-order valence-corrected chi connectivity index (χ0v) is 15.0. The molecule has 0 aliphatic heterocycles. The summed E-state index contributed by atoms with van der Waals surface area (Å²) < 4.78 is 20.1. The monoisotopic (exact) mass is 358 g/mol. The van der Waals surface area contributed by atoms with Crippen LogP contribution >= 0.6 is 11.3 Å². The van der Waals surface area contributed by atoms with Crippen molar-refractivity contribution in [2.24, 2.45) is 0 Å². The van der Waals surface area contributed by atoms with Gasteiger partial charge in [-0.1, -0.05) is 29.5 Å². The summed E-state index contributed by atoms with van der Waals surface area (Å²) in [5.74, 6) is 0.322. The summed E-state index contributed by atoms with van der Waals surface area (Å²) >= 11 is 1.27. The molecule has 1 aromatic heterocycles. The number of carbonyl (C=O) groups excluding carboxylic acids is 1. The molecule has 0 atom stereocenters. The number of fused-ring (bicyclic) bond motifs is 1. The lowest BCUT2D eigenvalue weighted by molar-refractivity contribution is -0.116. The van der Waals surface area contributed by atoms with Gasteiger partial charge in [0, 0.05) is 6.42 Å². The van der Waals surface area contributed by atoms with Crippen molar-refractivity contribution in [2.45, 2.75) is 26.7 Å². The highest BCUT2D eigenvalue weighted by Gasteiger charge is 2.10. The van der Waals surface area contributed by atoms with Gasteiger partial charge >= 0.3 is 0 Å². The van der Waals surface area contributed by atoms with Gasteiger partial charge in [0.25, 0.3) is 0 Å². The molecule has 0 aliphatic carbocycles. The summed E-state index contributed by atoms with van der Waals surface area (Å²) in [4.78, 5) is 16.1. The van der Waals surface area contributed by atoms with Crippen LogP contribution in [0.1, 0.15) is 24.0 Å². The number of carbonyl (C=O) groups is 1. The number of aromatic nitrogens is 1. The van der Waals surface area contributed by atoms with E-state index in [1.165, 1.54) is 17.4 Å². The van der Waals surface area contributed by atoms with Crippen molar-refractivity contribution in [3.8, 4) is 5.75 Å². The van der Waals surface area contributed by atoms with Crippen LogP contribution in [0.2, 0.25) is 0 Å². The topological polar surface area (TPSA) is 51.2 Å². The van der Waals surface area contributed by atoms with Crippen LogP contribution in [0.3, 0.4) is 0 Å². The summed E-state index contributed by atoms with van der Waals surface area (Å²) in [6, 6.07) is 10.8. The average Bonchev–Trinajstić information content (AvgIpc) is 2.98. The first-order chi connectivity index (χ1) is 12.0. The van der Waals surface area contributed by atoms with Gasteiger partial charge in [-0.15, -0.1) is 0 Å². The molecule has 1 amide bonds. The largest absolute Gasteiger partial charge is 0.493 e. The smallest absolute Gasteiger partial charge is 0.226 e. The minimum atomic E-state index is -0.379. The molecule has 6 heteroatoms. The van der Waals surface area contributed by atoms with Crippen molar-refractivity contribution >= 4 is 32.6 Å². The Morgan fingerprint density at radius 3 is 2.92 bits per heavy atom. The first kappa shape index (κ1) is 17.4. The average molecular weight is 358 g/mol. The number of para-hydroxylation sites is 1. The number of halogens is 1. The summed E-state index contributed by atoms with van der Waals surface area (Å²) in [6.45, 7) is 4.47. The van der Waals surface area contributed by atoms with Gasteiger partial charge in [0.2, 0.25) is 5.91 Å². The van der Waals surface area contributed by atoms with Gasteiger partial charge in [-0.2, -0.15) is 0 Å². The van der Waals surface area contributed by atoms with E-state index in [2.05, 4.69) is 10.3 Å². The van der Waals surface area contributed by atoms with Crippen molar-refractivity contribution < 1.29 is 13.9 Å². The van der Waals surface area contributed by atoms with Crippen LogP contribution in [0, 0.1) is 19.7 Å². The third-order valence-corrected chi connectivity index (χ3v) is 4.70. The number of ether oxygens (including phenoxy) is 1. The second-order valence-corrected chi connectivity index (χ2v) is 6.91. The van der Waals surface area contributed by atoms with E-state index in [9.17, 15) is 9.18 Å². The third kappa shape index (κ3) is 4.33. The van der Waals surface area contributed by atoms with Gasteiger partial charge in [-0.05, 0) is 49.6 Å². The molecule has 0 unspecified atom stereocenters. The number of nitrogens with zero attached hydrogens (tertiary/aromatic N) is 1. The van der Waals surface area contributed by atoms with Crippen molar-refractivity contribution in [3.05, 3.63) is 53.3 Å². The van der Waals surface area contributed by atoms with E-state index in [1.807, 2.05) is 32.0 Å². The minimum Gasteiger partial charge on any atom is -0.493 e. The molecule has 130 valence electrons. The highest BCUT2D eigenvalue weighted by molar-refractivity contribution is 7.22. The summed E-state index contributed by atoms with van der Waals surface area (Å²) in [6.07, 6.45) is 0.918. The Labute approximate surface area is 149 Å². The summed E-state index contributed by atoms with van der Waals surface area (Å²) in [5.41, 5.74) is 2.51. The van der Waals surface area contributed by atoms with E-state index in [-0.39, 0.29) is 11.7 Å². The molecule has 0 bridgehead atoms. The fraction of sp³-hybridized carbons (Fsp3) is 0.263. The Bertz CT molecular complexity index is 908. The van der Waals surface area contributed by atoms with Gasteiger partial charge < -0.3 is 10.1 Å². The molecule has 1 N–H and O–H groups in total. The van der Waals surface area contributed by atoms with Gasteiger partial charge in [-0.3, -0.25) is 4.79 Å². The van der Waals surface area contributed by atoms with E-state index in [4.69, 9.17) is 4.74 Å². The SMILES string of the molecule is Cc1ccc(C)c(OCCCC(=O)Nc2nc3c(F)cccc3s2)c1. The van der Waals surface area contributed by atoms with Crippen LogP contribution in [0.4, 0.5) is 9.52 Å². The first-order valence-electron chi connectivity index (χ1n) is 8.08. The third-order valence-electron chi connectivity index (χ3n) is 3.77. The fourth-order valence-electron chi connectivity index (χ4n) is 2.43. The Balaban J connectivity index is 1.49. The van der Waals surface area contributed by atoms with Gasteiger partial charge in [-0.25, -0.2) is 9.37 Å². The minimum absolute atomic E-state index is 0.149. The molecule has 0 saturated heterocycles. The van der Waals surface area contributed by atoms with E-state index in [0.29, 0.717) is 34.8 Å². The van der Waals surface area contributed by atoms with Crippen LogP contribution in [0.25, 0.3) is 10.2 Å². The number of hydrogen-bond acceptors (Lipinski definition) is 4. The van der Waals surface area contributed by atoms with Crippen molar-refractivity contribution in [2.75, 3.05) is 11.9 Å². The van der Waals surface area contributed by atoms with Crippen LogP contribution in [-0.2, 0) is 4.79 Å². The Morgan fingerprint density at radius 2 is 2.12 bits per heavy atom. The van der Waals surface area contributed by atoms with E-state index in [1.54, 1.807) is 12.1 Å². The quantitative estimate of drug-likeness (QED) is 0.641. The second-order valence-electron chi connectivity index (χ2n) is 5.87. The van der Waals surface area contributed by atoms with E-state index >= 15 is 0 Å². The predicted octanol–water partition coefficient (Wildman–Crippen LogP) is 4.85. The number of benzene rings is 2. The number of nitrogens with one attached hydrogen (secondary N) is 1. The predicted molar refractivity (Wildman–Crippen MR) is 98.9 cm³/mol. The van der Waals surface area contributed by atoms with Crippen molar-refractivity contribution in [1.29, 1.82) is 0 Å². The summed E-state index contributed by atoms with van der Waals surface area (Å²) in [5, 5.41) is 3.14. The lowest BCUT2D eigenvalue weighted by Crippen LogP contribution is -2.12. The zero-order valence-electron chi connectivity index (χ0n) is 14.1. The zero-order chi connectivity index (χ0) is 17.8. The first-order valence-corrected chi connectivity index (χ1v) is 8.89. The van der Waals surface area contributed by atoms with Crippen molar-refractivity contribution in [1.82, 2.24) is 4.98 Å². The molecule has 0 saturated carbocycles. The molecule has 0 fully saturated rings. The standard InChI is InChI=1S/C19H19FN2O2S/c1-12-8-9-13(2)15(11-12)24-10-4-7-17(23)21-19-22-18-14(20)5-3-6-16(18)25-19/h3,5-6,8-9,11H,4,7,10H2,1-2H3,(H,21,22,23). The number of thiazole rings is 1. The molecule has 0 spiro atoms. The normalized spacial score (nSPS) is 10.8. The maximum absolute atomic E-state index is 13.6. The molecule has 0 radical (unpaired) electrons. The molecule has 4 nitrogen and oxygen atoms in total. The van der Waals surface area contributed by atoms with Crippen LogP contribution in [0.5, 0.6) is 5.75 Å². The maximum atomic E-state index is 13.6. The van der Waals surface area contributed by atoms with Gasteiger partial charge in [0.1, 0.15) is 17.1 Å². The Morgan fingerprint density at radius 1 is 1.28 bits per heavy atom.